The molecule has 7 nitrogen and oxygen atoms in total. The number of hydrogen-bond donors (Lipinski definition) is 1. The minimum atomic E-state index is 0. The minimum absolute atomic E-state index is 0. The molecule has 0 bridgehead atoms. The molecule has 1 N–H and O–H groups in total. The molecule has 0 aliphatic carbocycles. The lowest BCUT2D eigenvalue weighted by Gasteiger charge is -2.22. The highest BCUT2D eigenvalue weighted by Gasteiger charge is 2.11. The van der Waals surface area contributed by atoms with Gasteiger partial charge in [-0.1, -0.05) is 30.6 Å². The van der Waals surface area contributed by atoms with Crippen LogP contribution in [-0.4, -0.2) is 46.2 Å². The van der Waals surface area contributed by atoms with Gasteiger partial charge in [-0.25, -0.2) is 0 Å². The topological polar surface area (TPSA) is 71.5 Å². The second kappa shape index (κ2) is 10.8. The van der Waals surface area contributed by atoms with E-state index in [2.05, 4.69) is 39.2 Å². The van der Waals surface area contributed by atoms with Crippen LogP contribution in [0.3, 0.4) is 0 Å². The molecule has 26 heavy (non-hydrogen) atoms. The van der Waals surface area contributed by atoms with Crippen LogP contribution in [0.1, 0.15) is 43.6 Å². The standard InChI is InChI=1S/C17H27ClN6O.HI/c1-12(2)16-21-15(25-22-16)7-6-8-20-17(19-3)24(5)11-14-9-13(18)10-23(14)4;/h9-10,12H,6-8,11H2,1-5H3,(H,19,20);1H. The van der Waals surface area contributed by atoms with Crippen molar-refractivity contribution in [1.29, 1.82) is 0 Å². The largest absolute Gasteiger partial charge is 0.356 e. The zero-order valence-corrected chi connectivity index (χ0v) is 19.1. The molecule has 2 aromatic heterocycles. The average molecular weight is 495 g/mol. The van der Waals surface area contributed by atoms with Crippen molar-refractivity contribution in [2.75, 3.05) is 20.6 Å². The summed E-state index contributed by atoms with van der Waals surface area (Å²) in [4.78, 5) is 10.8. The number of aryl methyl sites for hydroxylation is 2. The zero-order chi connectivity index (χ0) is 18.4. The molecule has 0 saturated heterocycles. The van der Waals surface area contributed by atoms with E-state index >= 15 is 0 Å². The first-order valence-electron chi connectivity index (χ1n) is 8.45. The van der Waals surface area contributed by atoms with Gasteiger partial charge >= 0.3 is 0 Å². The third-order valence-electron chi connectivity index (χ3n) is 3.90. The summed E-state index contributed by atoms with van der Waals surface area (Å²) in [5, 5.41) is 8.08. The van der Waals surface area contributed by atoms with E-state index in [4.69, 9.17) is 16.1 Å². The quantitative estimate of drug-likeness (QED) is 0.276. The summed E-state index contributed by atoms with van der Waals surface area (Å²) in [6, 6.07) is 1.97. The predicted octanol–water partition coefficient (Wildman–Crippen LogP) is 3.44. The maximum atomic E-state index is 6.04. The number of guanidine groups is 1. The highest BCUT2D eigenvalue weighted by Crippen LogP contribution is 2.14. The van der Waals surface area contributed by atoms with Crippen molar-refractivity contribution >= 4 is 41.5 Å². The van der Waals surface area contributed by atoms with E-state index in [1.165, 1.54) is 0 Å². The molecule has 0 radical (unpaired) electrons. The highest BCUT2D eigenvalue weighted by atomic mass is 127. The van der Waals surface area contributed by atoms with Crippen LogP contribution in [0.4, 0.5) is 0 Å². The van der Waals surface area contributed by atoms with Crippen molar-refractivity contribution in [3.8, 4) is 0 Å². The molecule has 0 amide bonds. The normalized spacial score (nSPS) is 11.6. The third kappa shape index (κ3) is 6.46. The van der Waals surface area contributed by atoms with Gasteiger partial charge in [0.25, 0.3) is 0 Å². The van der Waals surface area contributed by atoms with Crippen molar-refractivity contribution < 1.29 is 4.52 Å². The molecule has 146 valence electrons. The Balaban J connectivity index is 0.00000338. The second-order valence-corrected chi connectivity index (χ2v) is 6.83. The van der Waals surface area contributed by atoms with Gasteiger partial charge in [-0.05, 0) is 12.5 Å². The number of hydrogen-bond acceptors (Lipinski definition) is 4. The second-order valence-electron chi connectivity index (χ2n) is 6.40. The van der Waals surface area contributed by atoms with E-state index in [-0.39, 0.29) is 29.9 Å². The average Bonchev–Trinajstić information content (AvgIpc) is 3.14. The van der Waals surface area contributed by atoms with E-state index in [9.17, 15) is 0 Å². The molecule has 0 aliphatic heterocycles. The Kier molecular flexibility index (Phi) is 9.42. The summed E-state index contributed by atoms with van der Waals surface area (Å²) in [5.41, 5.74) is 1.13. The van der Waals surface area contributed by atoms with Gasteiger partial charge in [-0.2, -0.15) is 4.98 Å². The summed E-state index contributed by atoms with van der Waals surface area (Å²) in [7, 11) is 5.77. The monoisotopic (exact) mass is 494 g/mol. The van der Waals surface area contributed by atoms with Gasteiger partial charge in [-0.3, -0.25) is 4.99 Å². The van der Waals surface area contributed by atoms with Crippen LogP contribution in [0.5, 0.6) is 0 Å². The molecule has 9 heteroatoms. The first-order valence-corrected chi connectivity index (χ1v) is 8.83. The van der Waals surface area contributed by atoms with Gasteiger partial charge in [0.15, 0.2) is 11.8 Å². The van der Waals surface area contributed by atoms with Gasteiger partial charge in [0, 0.05) is 51.9 Å². The number of aliphatic imine (C=N–C) groups is 1. The maximum Gasteiger partial charge on any atom is 0.226 e. The van der Waals surface area contributed by atoms with Crippen molar-refractivity contribution in [3.05, 3.63) is 34.7 Å². The summed E-state index contributed by atoms with van der Waals surface area (Å²) >= 11 is 6.04. The Labute approximate surface area is 177 Å². The fourth-order valence-corrected chi connectivity index (χ4v) is 2.74. The maximum absolute atomic E-state index is 6.04. The molecule has 0 saturated carbocycles. The molecule has 0 spiro atoms. The van der Waals surface area contributed by atoms with Crippen LogP contribution in [-0.2, 0) is 20.0 Å². The van der Waals surface area contributed by atoms with Crippen LogP contribution >= 0.6 is 35.6 Å². The van der Waals surface area contributed by atoms with E-state index in [0.29, 0.717) is 5.89 Å². The fraction of sp³-hybridized carbons (Fsp3) is 0.588. The van der Waals surface area contributed by atoms with Gasteiger partial charge in [0.05, 0.1) is 11.6 Å². The summed E-state index contributed by atoms with van der Waals surface area (Å²) in [6.07, 6.45) is 3.54. The first kappa shape index (κ1) is 22.8. The lowest BCUT2D eigenvalue weighted by atomic mass is 10.2. The number of nitrogens with zero attached hydrogens (tertiary/aromatic N) is 5. The minimum Gasteiger partial charge on any atom is -0.356 e. The predicted molar refractivity (Wildman–Crippen MR) is 115 cm³/mol. The number of halogens is 2. The lowest BCUT2D eigenvalue weighted by Crippen LogP contribution is -2.39. The molecule has 2 aromatic rings. The molecule has 0 aliphatic rings. The molecule has 0 atom stereocenters. The van der Waals surface area contributed by atoms with E-state index in [1.54, 1.807) is 7.05 Å². The van der Waals surface area contributed by atoms with Crippen LogP contribution < -0.4 is 5.32 Å². The Hall–Kier alpha value is -1.29. The van der Waals surface area contributed by atoms with Crippen LogP contribution in [0.15, 0.2) is 21.8 Å². The molecule has 0 fully saturated rings. The van der Waals surface area contributed by atoms with Gasteiger partial charge < -0.3 is 19.3 Å². The van der Waals surface area contributed by atoms with Crippen LogP contribution in [0, 0.1) is 0 Å². The van der Waals surface area contributed by atoms with Crippen LogP contribution in [0.2, 0.25) is 5.02 Å². The number of aromatic nitrogens is 3. The fourth-order valence-electron chi connectivity index (χ4n) is 2.47. The van der Waals surface area contributed by atoms with E-state index in [0.717, 1.165) is 48.4 Å². The van der Waals surface area contributed by atoms with E-state index < -0.39 is 0 Å². The van der Waals surface area contributed by atoms with Crippen molar-refractivity contribution in [3.63, 3.8) is 0 Å². The molecular formula is C17H28ClIN6O. The lowest BCUT2D eigenvalue weighted by molar-refractivity contribution is 0.368. The van der Waals surface area contributed by atoms with Crippen molar-refractivity contribution in [2.45, 2.75) is 39.2 Å². The summed E-state index contributed by atoms with van der Waals surface area (Å²) in [5.74, 6) is 2.58. The Morgan fingerprint density at radius 1 is 1.46 bits per heavy atom. The van der Waals surface area contributed by atoms with Gasteiger partial charge in [0.1, 0.15) is 0 Å². The van der Waals surface area contributed by atoms with E-state index in [1.807, 2.05) is 30.9 Å². The van der Waals surface area contributed by atoms with Crippen molar-refractivity contribution in [1.82, 2.24) is 24.9 Å². The highest BCUT2D eigenvalue weighted by molar-refractivity contribution is 14.0. The first-order chi connectivity index (χ1) is 11.9. The van der Waals surface area contributed by atoms with Gasteiger partial charge in [0.2, 0.25) is 5.89 Å². The molecule has 0 aromatic carbocycles. The van der Waals surface area contributed by atoms with Crippen molar-refractivity contribution in [2.24, 2.45) is 12.0 Å². The van der Waals surface area contributed by atoms with Crippen LogP contribution in [0.25, 0.3) is 0 Å². The zero-order valence-electron chi connectivity index (χ0n) is 16.0. The number of nitrogens with one attached hydrogen (secondary N) is 1. The Morgan fingerprint density at radius 2 is 2.19 bits per heavy atom. The van der Waals surface area contributed by atoms with Gasteiger partial charge in [-0.15, -0.1) is 24.0 Å². The smallest absolute Gasteiger partial charge is 0.226 e. The number of rotatable bonds is 7. The summed E-state index contributed by atoms with van der Waals surface area (Å²) < 4.78 is 7.28. The molecule has 0 unspecified atom stereocenters. The summed E-state index contributed by atoms with van der Waals surface area (Å²) in [6.45, 7) is 5.61. The molecule has 2 heterocycles. The molecular weight excluding hydrogens is 467 g/mol. The SMILES string of the molecule is CN=C(NCCCc1nc(C(C)C)no1)N(C)Cc1cc(Cl)cn1C.I. The Morgan fingerprint density at radius 3 is 2.73 bits per heavy atom. The molecule has 2 rings (SSSR count). The third-order valence-corrected chi connectivity index (χ3v) is 4.10. The Bertz CT molecular complexity index is 712.